The van der Waals surface area contributed by atoms with E-state index in [1.807, 2.05) is 0 Å². The molecule has 8 nitrogen and oxygen atoms in total. The van der Waals surface area contributed by atoms with Gasteiger partial charge in [0.25, 0.3) is 0 Å². The fraction of sp³-hybridized carbons (Fsp3) is 0.700. The second kappa shape index (κ2) is 7.85. The molecule has 0 aromatic rings. The molecule has 0 fully saturated rings. The molecule has 0 heterocycles. The Bertz CT molecular complexity index is 361. The number of carbonyl (C=O) groups is 2. The standard InChI is InChI=1S/C10H16N3O5S/c1-10(2,19-13-18)7(5-14)12-9(17)6(11)3-4-8(15)16/h6-7H,3-4,11H2,1-2H3,(H,12,17)(H,15,16)/t6-,7+/m0/s1. The molecular weight excluding hydrogens is 274 g/mol. The van der Waals surface area contributed by atoms with Crippen LogP contribution in [0, 0.1) is 4.91 Å². The highest BCUT2D eigenvalue weighted by Gasteiger charge is 2.34. The fourth-order valence-corrected chi connectivity index (χ4v) is 1.56. The minimum absolute atomic E-state index is 0.0494. The lowest BCUT2D eigenvalue weighted by atomic mass is 10.0. The minimum Gasteiger partial charge on any atom is -0.481 e. The number of nitrogens with zero attached hydrogens (tertiary/aromatic N) is 1. The molecule has 0 aliphatic carbocycles. The summed E-state index contributed by atoms with van der Waals surface area (Å²) in [6.07, 6.45) is 1.30. The van der Waals surface area contributed by atoms with E-state index in [2.05, 4.69) is 9.90 Å². The average molecular weight is 290 g/mol. The number of carboxylic acid groups (broad SMARTS) is 1. The van der Waals surface area contributed by atoms with Gasteiger partial charge in [-0.05, 0) is 20.3 Å². The first-order valence-electron chi connectivity index (χ1n) is 5.41. The molecule has 0 aliphatic heterocycles. The maximum Gasteiger partial charge on any atom is 0.303 e. The SMILES string of the molecule is CC(C)(SN=O)[C@@H]([C]=O)NC(=O)[C@@H](N)CCC(=O)O. The smallest absolute Gasteiger partial charge is 0.303 e. The first kappa shape index (κ1) is 17.5. The van der Waals surface area contributed by atoms with Crippen LogP contribution in [0.2, 0.25) is 0 Å². The van der Waals surface area contributed by atoms with Gasteiger partial charge in [-0.2, -0.15) is 0 Å². The van der Waals surface area contributed by atoms with Crippen molar-refractivity contribution < 1.29 is 19.5 Å². The lowest BCUT2D eigenvalue weighted by Gasteiger charge is -2.27. The van der Waals surface area contributed by atoms with Crippen molar-refractivity contribution >= 4 is 30.1 Å². The van der Waals surface area contributed by atoms with Crippen molar-refractivity contribution in [1.29, 1.82) is 0 Å². The molecule has 0 aliphatic rings. The van der Waals surface area contributed by atoms with Gasteiger partial charge in [0.2, 0.25) is 12.2 Å². The Morgan fingerprint density at radius 1 is 1.53 bits per heavy atom. The second-order valence-electron chi connectivity index (χ2n) is 4.37. The van der Waals surface area contributed by atoms with Gasteiger partial charge < -0.3 is 16.2 Å². The van der Waals surface area contributed by atoms with Gasteiger partial charge >= 0.3 is 5.97 Å². The first-order chi connectivity index (χ1) is 8.74. The molecule has 4 N–H and O–H groups in total. The topological polar surface area (TPSA) is 139 Å². The summed E-state index contributed by atoms with van der Waals surface area (Å²) in [4.78, 5) is 43.0. The van der Waals surface area contributed by atoms with E-state index in [1.165, 1.54) is 13.8 Å². The molecule has 0 bridgehead atoms. The lowest BCUT2D eigenvalue weighted by Crippen LogP contribution is -2.53. The quantitative estimate of drug-likeness (QED) is 0.400. The molecular formula is C10H16N3O5S. The largest absolute Gasteiger partial charge is 0.481 e. The number of nitrogens with one attached hydrogen (secondary N) is 1. The Kier molecular flexibility index (Phi) is 7.23. The highest BCUT2D eigenvalue weighted by Crippen LogP contribution is 2.28. The molecule has 0 rings (SSSR count). The lowest BCUT2D eigenvalue weighted by molar-refractivity contribution is -0.137. The zero-order valence-electron chi connectivity index (χ0n) is 10.6. The third-order valence-electron chi connectivity index (χ3n) is 2.38. The van der Waals surface area contributed by atoms with Gasteiger partial charge in [-0.25, -0.2) is 0 Å². The Morgan fingerprint density at radius 3 is 2.53 bits per heavy atom. The Balaban J connectivity index is 4.53. The molecule has 1 amide bonds. The summed E-state index contributed by atoms with van der Waals surface area (Å²) in [6.45, 7) is 3.08. The van der Waals surface area contributed by atoms with E-state index in [-0.39, 0.29) is 12.8 Å². The van der Waals surface area contributed by atoms with Crippen LogP contribution in [-0.4, -0.2) is 40.1 Å². The molecule has 0 saturated carbocycles. The zero-order valence-corrected chi connectivity index (χ0v) is 11.4. The Hall–Kier alpha value is -1.48. The molecule has 107 valence electrons. The van der Waals surface area contributed by atoms with Gasteiger partial charge in [0.05, 0.1) is 10.8 Å². The number of hydrogen-bond donors (Lipinski definition) is 3. The van der Waals surface area contributed by atoms with E-state index in [4.69, 9.17) is 10.8 Å². The monoisotopic (exact) mass is 290 g/mol. The molecule has 0 aromatic heterocycles. The van der Waals surface area contributed by atoms with Crippen molar-refractivity contribution in [3.05, 3.63) is 4.91 Å². The minimum atomic E-state index is -1.07. The molecule has 19 heavy (non-hydrogen) atoms. The molecule has 0 saturated heterocycles. The van der Waals surface area contributed by atoms with Crippen LogP contribution in [0.15, 0.2) is 4.58 Å². The average Bonchev–Trinajstić information content (AvgIpc) is 2.32. The number of nitrogens with two attached hydrogens (primary N) is 1. The number of rotatable bonds is 9. The summed E-state index contributed by atoms with van der Waals surface area (Å²) in [5.41, 5.74) is 5.49. The number of carboxylic acids is 1. The van der Waals surface area contributed by atoms with E-state index < -0.39 is 28.7 Å². The number of hydrogen-bond acceptors (Lipinski definition) is 7. The van der Waals surface area contributed by atoms with E-state index >= 15 is 0 Å². The van der Waals surface area contributed by atoms with Gasteiger partial charge in [-0.1, -0.05) is 0 Å². The van der Waals surface area contributed by atoms with E-state index in [1.54, 1.807) is 6.29 Å². The fourth-order valence-electron chi connectivity index (χ4n) is 1.15. The van der Waals surface area contributed by atoms with Crippen molar-refractivity contribution in [3.63, 3.8) is 0 Å². The van der Waals surface area contributed by atoms with Crippen LogP contribution in [-0.2, 0) is 14.4 Å². The predicted octanol–water partition coefficient (Wildman–Crippen LogP) is -0.0338. The van der Waals surface area contributed by atoms with Crippen molar-refractivity contribution in [2.75, 3.05) is 0 Å². The highest BCUT2D eigenvalue weighted by atomic mass is 32.2. The van der Waals surface area contributed by atoms with Gasteiger partial charge in [-0.15, -0.1) is 4.91 Å². The van der Waals surface area contributed by atoms with Crippen LogP contribution in [0.1, 0.15) is 26.7 Å². The summed E-state index contributed by atoms with van der Waals surface area (Å²) >= 11 is 0.595. The van der Waals surface area contributed by atoms with Crippen molar-refractivity contribution in [2.45, 2.75) is 43.5 Å². The number of amides is 1. The molecule has 2 atom stereocenters. The molecule has 1 radical (unpaired) electrons. The molecule has 0 spiro atoms. The zero-order chi connectivity index (χ0) is 15.1. The number of nitroso groups, excluding NO2 is 1. The van der Waals surface area contributed by atoms with Crippen LogP contribution in [0.25, 0.3) is 0 Å². The predicted molar refractivity (Wildman–Crippen MR) is 69.9 cm³/mol. The molecule has 9 heteroatoms. The van der Waals surface area contributed by atoms with Crippen molar-refractivity contribution in [1.82, 2.24) is 5.32 Å². The van der Waals surface area contributed by atoms with E-state index in [9.17, 15) is 19.3 Å². The van der Waals surface area contributed by atoms with Gasteiger partial charge in [0.1, 0.15) is 6.04 Å². The maximum atomic E-state index is 11.6. The summed E-state index contributed by atoms with van der Waals surface area (Å²) in [5, 5.41) is 10.8. The summed E-state index contributed by atoms with van der Waals surface area (Å²) in [7, 11) is 0. The van der Waals surface area contributed by atoms with E-state index in [0.717, 1.165) is 0 Å². The Labute approximate surface area is 114 Å². The second-order valence-corrected chi connectivity index (χ2v) is 5.75. The van der Waals surface area contributed by atoms with Crippen LogP contribution in [0.4, 0.5) is 0 Å². The van der Waals surface area contributed by atoms with Crippen molar-refractivity contribution in [2.24, 2.45) is 10.3 Å². The van der Waals surface area contributed by atoms with Gasteiger partial charge in [0, 0.05) is 23.0 Å². The first-order valence-corrected chi connectivity index (χ1v) is 6.18. The normalized spacial score (nSPS) is 14.3. The van der Waals surface area contributed by atoms with E-state index in [0.29, 0.717) is 11.9 Å². The maximum absolute atomic E-state index is 11.6. The van der Waals surface area contributed by atoms with Crippen LogP contribution in [0.5, 0.6) is 0 Å². The number of carbonyl (C=O) groups excluding carboxylic acids is 2. The third kappa shape index (κ3) is 6.30. The van der Waals surface area contributed by atoms with Crippen molar-refractivity contribution in [3.8, 4) is 0 Å². The van der Waals surface area contributed by atoms with Gasteiger partial charge in [0.15, 0.2) is 0 Å². The summed E-state index contributed by atoms with van der Waals surface area (Å²) in [5.74, 6) is -1.74. The third-order valence-corrected chi connectivity index (χ3v) is 3.16. The molecule has 0 unspecified atom stereocenters. The van der Waals surface area contributed by atoms with Crippen LogP contribution >= 0.6 is 11.9 Å². The summed E-state index contributed by atoms with van der Waals surface area (Å²) in [6, 6.07) is -2.12. The highest BCUT2D eigenvalue weighted by molar-refractivity contribution is 7.99. The summed E-state index contributed by atoms with van der Waals surface area (Å²) < 4.78 is 1.65. The van der Waals surface area contributed by atoms with Crippen LogP contribution in [0.3, 0.4) is 0 Å². The Morgan fingerprint density at radius 2 is 2.11 bits per heavy atom. The van der Waals surface area contributed by atoms with Crippen LogP contribution < -0.4 is 11.1 Å². The number of aliphatic carboxylic acids is 1. The molecule has 0 aromatic carbocycles. The van der Waals surface area contributed by atoms with Gasteiger partial charge in [-0.3, -0.25) is 14.4 Å².